The van der Waals surface area contributed by atoms with Gasteiger partial charge in [-0.3, -0.25) is 0 Å². The van der Waals surface area contributed by atoms with E-state index in [0.717, 1.165) is 24.3 Å². The first-order chi connectivity index (χ1) is 10.2. The van der Waals surface area contributed by atoms with Gasteiger partial charge in [0.25, 0.3) is 0 Å². The summed E-state index contributed by atoms with van der Waals surface area (Å²) in [6.07, 6.45) is 2.23. The molecule has 0 spiro atoms. The molecule has 0 N–H and O–H groups in total. The van der Waals surface area contributed by atoms with Gasteiger partial charge in [0, 0.05) is 11.2 Å². The van der Waals surface area contributed by atoms with E-state index < -0.39 is 0 Å². The summed E-state index contributed by atoms with van der Waals surface area (Å²) >= 11 is 3.81. The van der Waals surface area contributed by atoms with E-state index in [4.69, 9.17) is 9.47 Å². The molecule has 0 bridgehead atoms. The zero-order valence-electron chi connectivity index (χ0n) is 12.3. The Morgan fingerprint density at radius 1 is 1.29 bits per heavy atom. The number of methoxy groups -OCH3 is 1. The van der Waals surface area contributed by atoms with Gasteiger partial charge in [-0.25, -0.2) is 0 Å². The van der Waals surface area contributed by atoms with Gasteiger partial charge in [0.15, 0.2) is 0 Å². The van der Waals surface area contributed by atoms with Gasteiger partial charge in [0.05, 0.1) is 7.11 Å². The minimum atomic E-state index is 0.294. The maximum Gasteiger partial charge on any atom is 0.123 e. The highest BCUT2D eigenvalue weighted by Gasteiger charge is 2.20. The molecule has 0 amide bonds. The summed E-state index contributed by atoms with van der Waals surface area (Å²) < 4.78 is 11.0. The average molecular weight is 347 g/mol. The van der Waals surface area contributed by atoms with E-state index in [1.165, 1.54) is 16.7 Å². The Hall–Kier alpha value is -1.48. The molecule has 3 heteroatoms. The molecule has 0 saturated heterocycles. The Kier molecular flexibility index (Phi) is 4.20. The smallest absolute Gasteiger partial charge is 0.123 e. The number of hydrogen-bond acceptors (Lipinski definition) is 2. The molecule has 0 radical (unpaired) electrons. The fourth-order valence-corrected chi connectivity index (χ4v) is 3.42. The highest BCUT2D eigenvalue weighted by Crippen LogP contribution is 2.35. The van der Waals surface area contributed by atoms with Crippen molar-refractivity contribution in [2.24, 2.45) is 0 Å². The fourth-order valence-electron chi connectivity index (χ4n) is 2.76. The highest BCUT2D eigenvalue weighted by atomic mass is 79.9. The van der Waals surface area contributed by atoms with Crippen LogP contribution in [0.25, 0.3) is 0 Å². The monoisotopic (exact) mass is 346 g/mol. The van der Waals surface area contributed by atoms with Gasteiger partial charge in [-0.15, -0.1) is 0 Å². The summed E-state index contributed by atoms with van der Waals surface area (Å²) in [4.78, 5) is 0.297. The first-order valence-electron chi connectivity index (χ1n) is 7.22. The zero-order chi connectivity index (χ0) is 14.8. The standard InChI is InChI=1S/C18H19BrO2/c1-12-8-15-11-14(6-7-18(15)21-12)17(19)10-13-4-3-5-16(9-13)20-2/h3-7,9,11-12,17H,8,10H2,1-2H3. The largest absolute Gasteiger partial charge is 0.497 e. The third kappa shape index (κ3) is 3.24. The van der Waals surface area contributed by atoms with E-state index >= 15 is 0 Å². The van der Waals surface area contributed by atoms with Crippen LogP contribution in [0.15, 0.2) is 42.5 Å². The van der Waals surface area contributed by atoms with E-state index in [2.05, 4.69) is 53.2 Å². The van der Waals surface area contributed by atoms with Gasteiger partial charge in [-0.05, 0) is 48.2 Å². The van der Waals surface area contributed by atoms with Crippen molar-refractivity contribution in [2.75, 3.05) is 7.11 Å². The van der Waals surface area contributed by atoms with Gasteiger partial charge in [-0.1, -0.05) is 40.2 Å². The zero-order valence-corrected chi connectivity index (χ0v) is 13.9. The highest BCUT2D eigenvalue weighted by molar-refractivity contribution is 9.09. The van der Waals surface area contributed by atoms with E-state index in [1.54, 1.807) is 7.11 Å². The number of fused-ring (bicyclic) bond motifs is 1. The van der Waals surface area contributed by atoms with Crippen molar-refractivity contribution < 1.29 is 9.47 Å². The van der Waals surface area contributed by atoms with Gasteiger partial charge in [-0.2, -0.15) is 0 Å². The Bertz CT molecular complexity index is 639. The first-order valence-corrected chi connectivity index (χ1v) is 8.14. The van der Waals surface area contributed by atoms with Crippen LogP contribution < -0.4 is 9.47 Å². The molecule has 2 aromatic carbocycles. The van der Waals surface area contributed by atoms with Crippen LogP contribution in [0.5, 0.6) is 11.5 Å². The lowest BCUT2D eigenvalue weighted by Gasteiger charge is -2.12. The van der Waals surface area contributed by atoms with Crippen molar-refractivity contribution in [2.45, 2.75) is 30.7 Å². The summed E-state index contributed by atoms with van der Waals surface area (Å²) in [6, 6.07) is 14.7. The van der Waals surface area contributed by atoms with Crippen molar-refractivity contribution in [1.82, 2.24) is 0 Å². The summed E-state index contributed by atoms with van der Waals surface area (Å²) in [5, 5.41) is 0. The topological polar surface area (TPSA) is 18.5 Å². The molecule has 2 aromatic rings. The van der Waals surface area contributed by atoms with E-state index in [0.29, 0.717) is 10.9 Å². The normalized spacial score (nSPS) is 18.0. The predicted octanol–water partition coefficient (Wildman–Crippen LogP) is 4.70. The number of ether oxygens (including phenoxy) is 2. The number of halogens is 1. The van der Waals surface area contributed by atoms with Crippen molar-refractivity contribution >= 4 is 15.9 Å². The summed E-state index contributed by atoms with van der Waals surface area (Å²) in [7, 11) is 1.70. The second-order valence-corrected chi connectivity index (χ2v) is 6.63. The lowest BCUT2D eigenvalue weighted by atomic mass is 10.0. The molecule has 0 saturated carbocycles. The quantitative estimate of drug-likeness (QED) is 0.747. The molecule has 0 aromatic heterocycles. The molecule has 3 rings (SSSR count). The average Bonchev–Trinajstić information content (AvgIpc) is 2.86. The molecule has 1 heterocycles. The van der Waals surface area contributed by atoms with Crippen LogP contribution in [0, 0.1) is 0 Å². The maximum atomic E-state index is 5.76. The molecule has 21 heavy (non-hydrogen) atoms. The van der Waals surface area contributed by atoms with Crippen molar-refractivity contribution in [3.8, 4) is 11.5 Å². The summed E-state index contributed by atoms with van der Waals surface area (Å²) in [5.74, 6) is 1.94. The Labute approximate surface area is 134 Å². The van der Waals surface area contributed by atoms with Crippen molar-refractivity contribution in [3.63, 3.8) is 0 Å². The molecule has 2 unspecified atom stereocenters. The van der Waals surface area contributed by atoms with Gasteiger partial charge in [0.1, 0.15) is 17.6 Å². The molecular weight excluding hydrogens is 328 g/mol. The molecule has 1 aliphatic heterocycles. The van der Waals surface area contributed by atoms with E-state index in [1.807, 2.05) is 12.1 Å². The van der Waals surface area contributed by atoms with E-state index in [-0.39, 0.29) is 0 Å². The van der Waals surface area contributed by atoms with Crippen LogP contribution in [0.1, 0.15) is 28.4 Å². The van der Waals surface area contributed by atoms with Crippen LogP contribution in [0.2, 0.25) is 0 Å². The van der Waals surface area contributed by atoms with Crippen LogP contribution in [-0.2, 0) is 12.8 Å². The van der Waals surface area contributed by atoms with Crippen molar-refractivity contribution in [1.29, 1.82) is 0 Å². The van der Waals surface area contributed by atoms with Gasteiger partial charge >= 0.3 is 0 Å². The second kappa shape index (κ2) is 6.10. The summed E-state index contributed by atoms with van der Waals surface area (Å²) in [6.45, 7) is 2.11. The van der Waals surface area contributed by atoms with Crippen LogP contribution in [0.3, 0.4) is 0 Å². The molecule has 110 valence electrons. The first kappa shape index (κ1) is 14.5. The Morgan fingerprint density at radius 3 is 2.95 bits per heavy atom. The molecular formula is C18H19BrO2. The lowest BCUT2D eigenvalue weighted by molar-refractivity contribution is 0.254. The third-order valence-corrected chi connectivity index (χ3v) is 4.68. The van der Waals surface area contributed by atoms with Crippen LogP contribution in [0.4, 0.5) is 0 Å². The minimum Gasteiger partial charge on any atom is -0.497 e. The molecule has 1 aliphatic rings. The van der Waals surface area contributed by atoms with Crippen molar-refractivity contribution in [3.05, 3.63) is 59.2 Å². The molecule has 2 nitrogen and oxygen atoms in total. The van der Waals surface area contributed by atoms with Gasteiger partial charge < -0.3 is 9.47 Å². The molecule has 2 atom stereocenters. The van der Waals surface area contributed by atoms with Gasteiger partial charge in [0.2, 0.25) is 0 Å². The second-order valence-electron chi connectivity index (χ2n) is 5.52. The third-order valence-electron chi connectivity index (χ3n) is 3.83. The maximum absolute atomic E-state index is 5.76. The number of alkyl halides is 1. The van der Waals surface area contributed by atoms with Crippen LogP contribution >= 0.6 is 15.9 Å². The Morgan fingerprint density at radius 2 is 2.14 bits per heavy atom. The Balaban J connectivity index is 1.76. The minimum absolute atomic E-state index is 0.294. The SMILES string of the molecule is COc1cccc(CC(Br)c2ccc3c(c2)CC(C)O3)c1. The lowest BCUT2D eigenvalue weighted by Crippen LogP contribution is -2.05. The fraction of sp³-hybridized carbons (Fsp3) is 0.333. The molecule has 0 aliphatic carbocycles. The summed E-state index contributed by atoms with van der Waals surface area (Å²) in [5.41, 5.74) is 3.88. The molecule has 0 fully saturated rings. The van der Waals surface area contributed by atoms with E-state index in [9.17, 15) is 0 Å². The number of rotatable bonds is 4. The number of benzene rings is 2. The number of hydrogen-bond donors (Lipinski definition) is 0. The predicted molar refractivity (Wildman–Crippen MR) is 88.6 cm³/mol. The van der Waals surface area contributed by atoms with Crippen LogP contribution in [-0.4, -0.2) is 13.2 Å².